The molecule has 0 spiro atoms. The molecule has 0 unspecified atom stereocenters. The minimum Gasteiger partial charge on any atom is -0.375 e. The molecule has 1 aliphatic rings. The lowest BCUT2D eigenvalue weighted by molar-refractivity contribution is -0.125. The summed E-state index contributed by atoms with van der Waals surface area (Å²) in [5.74, 6) is 0.655. The Morgan fingerprint density at radius 3 is 2.50 bits per heavy atom. The Morgan fingerprint density at radius 1 is 1.22 bits per heavy atom. The first-order valence-electron chi connectivity index (χ1n) is 6.63. The van der Waals surface area contributed by atoms with Crippen LogP contribution in [0, 0.1) is 0 Å². The van der Waals surface area contributed by atoms with Crippen molar-refractivity contribution < 1.29 is 9.53 Å². The molecule has 3 nitrogen and oxygen atoms in total. The van der Waals surface area contributed by atoms with Crippen molar-refractivity contribution in [2.45, 2.75) is 37.6 Å². The zero-order valence-corrected chi connectivity index (χ0v) is 10.9. The van der Waals surface area contributed by atoms with Crippen molar-refractivity contribution in [3.8, 4) is 0 Å². The van der Waals surface area contributed by atoms with Crippen LogP contribution >= 0.6 is 0 Å². The van der Waals surface area contributed by atoms with E-state index in [-0.39, 0.29) is 12.5 Å². The highest BCUT2D eigenvalue weighted by atomic mass is 16.5. The van der Waals surface area contributed by atoms with E-state index >= 15 is 0 Å². The second-order valence-corrected chi connectivity index (χ2v) is 4.96. The van der Waals surface area contributed by atoms with Crippen LogP contribution in [0.15, 0.2) is 30.3 Å². The van der Waals surface area contributed by atoms with Gasteiger partial charge in [-0.1, -0.05) is 30.3 Å². The molecule has 0 aromatic heterocycles. The van der Waals surface area contributed by atoms with Crippen LogP contribution < -0.4 is 5.32 Å². The van der Waals surface area contributed by atoms with E-state index < -0.39 is 0 Å². The monoisotopic (exact) mass is 247 g/mol. The third-order valence-electron chi connectivity index (χ3n) is 3.64. The molecule has 1 aromatic rings. The number of methoxy groups -OCH3 is 1. The molecule has 2 rings (SSSR count). The van der Waals surface area contributed by atoms with Gasteiger partial charge >= 0.3 is 0 Å². The molecule has 1 saturated carbocycles. The number of ether oxygens (including phenoxy) is 1. The molecular weight excluding hydrogens is 226 g/mol. The van der Waals surface area contributed by atoms with Crippen molar-refractivity contribution in [2.75, 3.05) is 13.7 Å². The van der Waals surface area contributed by atoms with Crippen molar-refractivity contribution in [2.24, 2.45) is 0 Å². The summed E-state index contributed by atoms with van der Waals surface area (Å²) in [5, 5.41) is 3.03. The number of benzene rings is 1. The largest absolute Gasteiger partial charge is 0.375 e. The molecule has 1 aromatic carbocycles. The molecule has 1 N–H and O–H groups in total. The quantitative estimate of drug-likeness (QED) is 0.887. The van der Waals surface area contributed by atoms with Gasteiger partial charge in [-0.2, -0.15) is 0 Å². The number of carbonyl (C=O) groups is 1. The van der Waals surface area contributed by atoms with Crippen LogP contribution in [-0.2, 0) is 9.53 Å². The number of rotatable bonds is 4. The number of nitrogens with one attached hydrogen (secondary N) is 1. The Hall–Kier alpha value is -1.35. The fourth-order valence-electron chi connectivity index (χ4n) is 2.70. The topological polar surface area (TPSA) is 38.3 Å². The average molecular weight is 247 g/mol. The normalized spacial score (nSPS) is 23.6. The van der Waals surface area contributed by atoms with Crippen LogP contribution in [0.1, 0.15) is 37.2 Å². The van der Waals surface area contributed by atoms with Gasteiger partial charge in [0.1, 0.15) is 6.61 Å². The van der Waals surface area contributed by atoms with Gasteiger partial charge in [-0.3, -0.25) is 4.79 Å². The summed E-state index contributed by atoms with van der Waals surface area (Å²) in [6, 6.07) is 11.0. The van der Waals surface area contributed by atoms with E-state index in [2.05, 4.69) is 35.6 Å². The van der Waals surface area contributed by atoms with Crippen molar-refractivity contribution in [1.29, 1.82) is 0 Å². The summed E-state index contributed by atoms with van der Waals surface area (Å²) in [5.41, 5.74) is 1.43. The van der Waals surface area contributed by atoms with E-state index in [4.69, 9.17) is 4.74 Å². The number of amides is 1. The lowest BCUT2D eigenvalue weighted by Crippen LogP contribution is -2.39. The molecule has 0 atom stereocenters. The van der Waals surface area contributed by atoms with Crippen LogP contribution in [0.2, 0.25) is 0 Å². The van der Waals surface area contributed by atoms with E-state index in [9.17, 15) is 4.79 Å². The third kappa shape index (κ3) is 3.57. The standard InChI is InChI=1S/C15H21NO2/c1-18-11-15(17)16-14-9-7-13(8-10-14)12-5-3-2-4-6-12/h2-6,13-14H,7-11H2,1H3,(H,16,17). The van der Waals surface area contributed by atoms with Gasteiger partial charge in [-0.15, -0.1) is 0 Å². The lowest BCUT2D eigenvalue weighted by Gasteiger charge is -2.29. The molecule has 1 amide bonds. The predicted molar refractivity (Wildman–Crippen MR) is 71.5 cm³/mol. The molecule has 1 aliphatic carbocycles. The SMILES string of the molecule is COCC(=O)NC1CCC(c2ccccc2)CC1. The molecule has 0 saturated heterocycles. The second-order valence-electron chi connectivity index (χ2n) is 4.96. The highest BCUT2D eigenvalue weighted by Gasteiger charge is 2.23. The number of hydrogen-bond donors (Lipinski definition) is 1. The Kier molecular flexibility index (Phi) is 4.76. The van der Waals surface area contributed by atoms with Gasteiger partial charge in [-0.25, -0.2) is 0 Å². The fourth-order valence-corrected chi connectivity index (χ4v) is 2.70. The summed E-state index contributed by atoms with van der Waals surface area (Å²) in [7, 11) is 1.55. The third-order valence-corrected chi connectivity index (χ3v) is 3.64. The molecule has 0 heterocycles. The molecule has 3 heteroatoms. The smallest absolute Gasteiger partial charge is 0.246 e. The van der Waals surface area contributed by atoms with Gasteiger partial charge in [0, 0.05) is 13.2 Å². The number of carbonyl (C=O) groups excluding carboxylic acids is 1. The molecule has 0 aliphatic heterocycles. The first kappa shape index (κ1) is 13.1. The zero-order chi connectivity index (χ0) is 12.8. The van der Waals surface area contributed by atoms with Crippen molar-refractivity contribution in [3.63, 3.8) is 0 Å². The summed E-state index contributed by atoms with van der Waals surface area (Å²) < 4.78 is 4.82. The molecule has 0 bridgehead atoms. The van der Waals surface area contributed by atoms with E-state index in [1.807, 2.05) is 0 Å². The molecule has 98 valence electrons. The Morgan fingerprint density at radius 2 is 1.89 bits per heavy atom. The van der Waals surface area contributed by atoms with Crippen LogP contribution in [0.5, 0.6) is 0 Å². The Bertz CT molecular complexity index is 369. The zero-order valence-electron chi connectivity index (χ0n) is 10.9. The first-order valence-corrected chi connectivity index (χ1v) is 6.63. The molecule has 1 fully saturated rings. The maximum absolute atomic E-state index is 11.4. The minimum absolute atomic E-state index is 0.000612. The van der Waals surface area contributed by atoms with Crippen LogP contribution in [-0.4, -0.2) is 25.7 Å². The molecular formula is C15H21NO2. The average Bonchev–Trinajstić information content (AvgIpc) is 2.41. The maximum Gasteiger partial charge on any atom is 0.246 e. The van der Waals surface area contributed by atoms with Crippen molar-refractivity contribution >= 4 is 5.91 Å². The second kappa shape index (κ2) is 6.55. The van der Waals surface area contributed by atoms with Gasteiger partial charge in [0.05, 0.1) is 0 Å². The molecule has 0 radical (unpaired) electrons. The fraction of sp³-hybridized carbons (Fsp3) is 0.533. The highest BCUT2D eigenvalue weighted by Crippen LogP contribution is 2.32. The number of hydrogen-bond acceptors (Lipinski definition) is 2. The summed E-state index contributed by atoms with van der Waals surface area (Å²) in [6.45, 7) is 0.165. The van der Waals surface area contributed by atoms with Crippen LogP contribution in [0.4, 0.5) is 0 Å². The highest BCUT2D eigenvalue weighted by molar-refractivity contribution is 5.77. The Balaban J connectivity index is 1.80. The lowest BCUT2D eigenvalue weighted by atomic mass is 9.82. The van der Waals surface area contributed by atoms with E-state index in [1.165, 1.54) is 5.56 Å². The van der Waals surface area contributed by atoms with Crippen LogP contribution in [0.3, 0.4) is 0 Å². The first-order chi connectivity index (χ1) is 8.79. The summed E-state index contributed by atoms with van der Waals surface area (Å²) >= 11 is 0. The van der Waals surface area contributed by atoms with Crippen molar-refractivity contribution in [1.82, 2.24) is 5.32 Å². The summed E-state index contributed by atoms with van der Waals surface area (Å²) in [4.78, 5) is 11.4. The van der Waals surface area contributed by atoms with Gasteiger partial charge in [0.2, 0.25) is 5.91 Å². The predicted octanol–water partition coefficient (Wildman–Crippen LogP) is 2.48. The van der Waals surface area contributed by atoms with E-state index in [1.54, 1.807) is 7.11 Å². The van der Waals surface area contributed by atoms with Gasteiger partial charge in [0.15, 0.2) is 0 Å². The minimum atomic E-state index is 0.000612. The Labute approximate surface area is 109 Å². The van der Waals surface area contributed by atoms with Gasteiger partial charge < -0.3 is 10.1 Å². The molecule has 18 heavy (non-hydrogen) atoms. The van der Waals surface area contributed by atoms with E-state index in [0.717, 1.165) is 25.7 Å². The van der Waals surface area contributed by atoms with E-state index in [0.29, 0.717) is 12.0 Å². The van der Waals surface area contributed by atoms with Crippen LogP contribution in [0.25, 0.3) is 0 Å². The van der Waals surface area contributed by atoms with Gasteiger partial charge in [-0.05, 0) is 37.2 Å². The van der Waals surface area contributed by atoms with Gasteiger partial charge in [0.25, 0.3) is 0 Å². The summed E-state index contributed by atoms with van der Waals surface area (Å²) in [6.07, 6.45) is 4.44. The van der Waals surface area contributed by atoms with Crippen molar-refractivity contribution in [3.05, 3.63) is 35.9 Å². The maximum atomic E-state index is 11.4.